The monoisotopic (exact) mass is 473 g/mol. The Kier molecular flexibility index (Phi) is 5.86. The topological polar surface area (TPSA) is 54.7 Å². The van der Waals surface area contributed by atoms with Crippen molar-refractivity contribution < 1.29 is 4.74 Å². The summed E-state index contributed by atoms with van der Waals surface area (Å²) < 4.78 is 8.18. The van der Waals surface area contributed by atoms with Crippen LogP contribution in [0.3, 0.4) is 0 Å². The molecule has 1 aromatic rings. The molecule has 5 atom stereocenters. The molecule has 0 aromatic carbocycles. The van der Waals surface area contributed by atoms with E-state index in [2.05, 4.69) is 51.7 Å². The van der Waals surface area contributed by atoms with Crippen LogP contribution in [0.5, 0.6) is 0 Å². The minimum Gasteiger partial charge on any atom is -0.377 e. The van der Waals surface area contributed by atoms with Gasteiger partial charge in [-0.3, -0.25) is 4.99 Å². The van der Waals surface area contributed by atoms with Gasteiger partial charge in [0, 0.05) is 56.5 Å². The summed E-state index contributed by atoms with van der Waals surface area (Å²) in [5.74, 6) is 2.32. The van der Waals surface area contributed by atoms with Crippen molar-refractivity contribution >= 4 is 29.9 Å². The van der Waals surface area contributed by atoms with E-state index in [1.165, 1.54) is 6.42 Å². The first-order valence-electron chi connectivity index (χ1n) is 9.59. The zero-order valence-electron chi connectivity index (χ0n) is 16.3. The molecule has 146 valence electrons. The highest BCUT2D eigenvalue weighted by Gasteiger charge is 2.59. The lowest BCUT2D eigenvalue weighted by atomic mass is 9.57. The molecule has 0 radical (unpaired) electrons. The maximum atomic E-state index is 5.93. The van der Waals surface area contributed by atoms with Crippen LogP contribution in [0.15, 0.2) is 23.7 Å². The second kappa shape index (κ2) is 7.66. The van der Waals surface area contributed by atoms with Gasteiger partial charge in [0.25, 0.3) is 0 Å². The van der Waals surface area contributed by atoms with E-state index in [1.807, 2.05) is 19.6 Å². The number of likely N-dealkylation sites (tertiary alicyclic amines) is 1. The van der Waals surface area contributed by atoms with Crippen LogP contribution in [-0.2, 0) is 4.74 Å². The molecule has 3 fully saturated rings. The summed E-state index contributed by atoms with van der Waals surface area (Å²) in [6.45, 7) is 9.92. The number of aromatic nitrogens is 2. The standard InChI is InChI=1S/C19H31N5O.HI/c1-13-5-8-23(11-15(13)24-9-7-21-12-24)18(20-4)22-16-14-6-10-25-17(14)19(16,2)3;/h7,9,12-17H,5-6,8,10-11H2,1-4H3,(H,20,22);1H. The Morgan fingerprint density at radius 1 is 1.35 bits per heavy atom. The Hall–Kier alpha value is -0.830. The van der Waals surface area contributed by atoms with E-state index in [0.29, 0.717) is 30.0 Å². The number of nitrogens with zero attached hydrogens (tertiary/aromatic N) is 4. The van der Waals surface area contributed by atoms with E-state index in [-0.39, 0.29) is 29.4 Å². The summed E-state index contributed by atoms with van der Waals surface area (Å²) in [6.07, 6.45) is 8.63. The molecule has 0 bridgehead atoms. The first-order valence-corrected chi connectivity index (χ1v) is 9.59. The number of ether oxygens (including phenoxy) is 1. The quantitative estimate of drug-likeness (QED) is 0.408. The van der Waals surface area contributed by atoms with Gasteiger partial charge >= 0.3 is 0 Å². The average Bonchev–Trinajstić information content (AvgIpc) is 3.27. The minimum absolute atomic E-state index is 0. The van der Waals surface area contributed by atoms with Crippen molar-refractivity contribution in [3.63, 3.8) is 0 Å². The summed E-state index contributed by atoms with van der Waals surface area (Å²) >= 11 is 0. The van der Waals surface area contributed by atoms with Crippen LogP contribution in [-0.4, -0.2) is 59.3 Å². The fraction of sp³-hybridized carbons (Fsp3) is 0.789. The fourth-order valence-electron chi connectivity index (χ4n) is 5.15. The second-order valence-corrected chi connectivity index (χ2v) is 8.52. The molecule has 1 aliphatic carbocycles. The SMILES string of the molecule is CN=C(NC1C2CCOC2C1(C)C)N1CCC(C)C(n2ccnc2)C1.I. The molecule has 4 rings (SSSR count). The van der Waals surface area contributed by atoms with Crippen LogP contribution in [0.1, 0.15) is 39.7 Å². The molecule has 2 saturated heterocycles. The number of piperidine rings is 1. The summed E-state index contributed by atoms with van der Waals surface area (Å²) in [4.78, 5) is 11.3. The Balaban J connectivity index is 0.00000196. The van der Waals surface area contributed by atoms with Crippen LogP contribution < -0.4 is 5.32 Å². The lowest BCUT2D eigenvalue weighted by Crippen LogP contribution is -2.68. The Morgan fingerprint density at radius 3 is 2.85 bits per heavy atom. The van der Waals surface area contributed by atoms with Gasteiger partial charge in [0.05, 0.1) is 18.5 Å². The van der Waals surface area contributed by atoms with Gasteiger partial charge in [0.1, 0.15) is 0 Å². The highest BCUT2D eigenvalue weighted by Crippen LogP contribution is 2.52. The van der Waals surface area contributed by atoms with Gasteiger partial charge in [-0.25, -0.2) is 4.98 Å². The first kappa shape index (κ1) is 19.9. The number of aliphatic imine (C=N–C) groups is 1. The number of guanidine groups is 1. The third kappa shape index (κ3) is 3.25. The number of fused-ring (bicyclic) bond motifs is 1. The molecule has 3 heterocycles. The van der Waals surface area contributed by atoms with Crippen molar-refractivity contribution in [3.8, 4) is 0 Å². The maximum absolute atomic E-state index is 5.93. The molecule has 6 nitrogen and oxygen atoms in total. The van der Waals surface area contributed by atoms with Crippen LogP contribution in [0.2, 0.25) is 0 Å². The van der Waals surface area contributed by atoms with E-state index in [1.54, 1.807) is 0 Å². The van der Waals surface area contributed by atoms with Gasteiger partial charge in [0.15, 0.2) is 5.96 Å². The first-order chi connectivity index (χ1) is 12.0. The molecule has 26 heavy (non-hydrogen) atoms. The second-order valence-electron chi connectivity index (χ2n) is 8.52. The summed E-state index contributed by atoms with van der Waals surface area (Å²) in [6, 6.07) is 0.900. The number of hydrogen-bond donors (Lipinski definition) is 1. The zero-order chi connectivity index (χ0) is 17.6. The predicted molar refractivity (Wildman–Crippen MR) is 114 cm³/mol. The number of rotatable bonds is 2. The molecular formula is C19H32IN5O. The Bertz CT molecular complexity index is 632. The molecule has 5 unspecified atom stereocenters. The number of imidazole rings is 1. The molecule has 0 spiro atoms. The van der Waals surface area contributed by atoms with Crippen molar-refractivity contribution in [2.45, 2.75) is 51.8 Å². The smallest absolute Gasteiger partial charge is 0.193 e. The van der Waals surface area contributed by atoms with Crippen molar-refractivity contribution in [2.75, 3.05) is 26.7 Å². The molecule has 0 amide bonds. The molecule has 3 aliphatic rings. The summed E-state index contributed by atoms with van der Waals surface area (Å²) in [5, 5.41) is 3.79. The minimum atomic E-state index is 0. The highest BCUT2D eigenvalue weighted by atomic mass is 127. The van der Waals surface area contributed by atoms with E-state index in [9.17, 15) is 0 Å². The lowest BCUT2D eigenvalue weighted by molar-refractivity contribution is -0.107. The molecule has 1 aromatic heterocycles. The van der Waals surface area contributed by atoms with Gasteiger partial charge in [-0.15, -0.1) is 24.0 Å². The van der Waals surface area contributed by atoms with E-state index < -0.39 is 0 Å². The molecular weight excluding hydrogens is 441 g/mol. The van der Waals surface area contributed by atoms with Crippen molar-refractivity contribution in [1.82, 2.24) is 19.8 Å². The number of nitrogens with one attached hydrogen (secondary N) is 1. The maximum Gasteiger partial charge on any atom is 0.193 e. The summed E-state index contributed by atoms with van der Waals surface area (Å²) in [5.41, 5.74) is 0.171. The van der Waals surface area contributed by atoms with Crippen LogP contribution in [0.25, 0.3) is 0 Å². The Morgan fingerprint density at radius 2 is 2.15 bits per heavy atom. The number of hydrogen-bond acceptors (Lipinski definition) is 3. The largest absolute Gasteiger partial charge is 0.377 e. The van der Waals surface area contributed by atoms with Crippen molar-refractivity contribution in [3.05, 3.63) is 18.7 Å². The third-order valence-corrected chi connectivity index (χ3v) is 6.72. The van der Waals surface area contributed by atoms with Crippen LogP contribution in [0.4, 0.5) is 0 Å². The van der Waals surface area contributed by atoms with Gasteiger partial charge in [0.2, 0.25) is 0 Å². The van der Waals surface area contributed by atoms with Gasteiger partial charge < -0.3 is 19.5 Å². The average molecular weight is 473 g/mol. The van der Waals surface area contributed by atoms with E-state index in [4.69, 9.17) is 4.74 Å². The van der Waals surface area contributed by atoms with Crippen molar-refractivity contribution in [1.29, 1.82) is 0 Å². The van der Waals surface area contributed by atoms with Gasteiger partial charge in [-0.1, -0.05) is 20.8 Å². The third-order valence-electron chi connectivity index (χ3n) is 6.72. The molecule has 7 heteroatoms. The molecule has 1 N–H and O–H groups in total. The lowest BCUT2D eigenvalue weighted by Gasteiger charge is -2.55. The normalized spacial score (nSPS) is 36.1. The molecule has 1 saturated carbocycles. The van der Waals surface area contributed by atoms with E-state index in [0.717, 1.165) is 32.1 Å². The predicted octanol–water partition coefficient (Wildman–Crippen LogP) is 2.77. The fourth-order valence-corrected chi connectivity index (χ4v) is 5.15. The van der Waals surface area contributed by atoms with Crippen molar-refractivity contribution in [2.24, 2.45) is 22.2 Å². The molecule has 2 aliphatic heterocycles. The Labute approximate surface area is 173 Å². The zero-order valence-corrected chi connectivity index (χ0v) is 18.6. The highest BCUT2D eigenvalue weighted by molar-refractivity contribution is 14.0. The van der Waals surface area contributed by atoms with Crippen LogP contribution in [0, 0.1) is 17.3 Å². The van der Waals surface area contributed by atoms with Gasteiger partial charge in [-0.05, 0) is 18.8 Å². The number of halogens is 1. The summed E-state index contributed by atoms with van der Waals surface area (Å²) in [7, 11) is 1.90. The van der Waals surface area contributed by atoms with Gasteiger partial charge in [-0.2, -0.15) is 0 Å². The van der Waals surface area contributed by atoms with Crippen LogP contribution >= 0.6 is 24.0 Å². The van der Waals surface area contributed by atoms with E-state index >= 15 is 0 Å².